The van der Waals surface area contributed by atoms with Gasteiger partial charge in [-0.2, -0.15) is 5.10 Å². The van der Waals surface area contributed by atoms with Gasteiger partial charge in [-0.25, -0.2) is 9.97 Å². The van der Waals surface area contributed by atoms with E-state index >= 15 is 0 Å². The van der Waals surface area contributed by atoms with Gasteiger partial charge < -0.3 is 16.6 Å². The number of rotatable bonds is 7. The van der Waals surface area contributed by atoms with Crippen LogP contribution in [0, 0.1) is 11.3 Å². The Morgan fingerprint density at radius 3 is 2.48 bits per heavy atom. The molecule has 0 spiro atoms. The highest BCUT2D eigenvalue weighted by Gasteiger charge is 2.46. The monoisotopic (exact) mass is 419 g/mol. The molecule has 0 saturated heterocycles. The summed E-state index contributed by atoms with van der Waals surface area (Å²) in [6, 6.07) is 8.05. The molecular weight excluding hydrogens is 392 g/mol. The minimum Gasteiger partial charge on any atom is -0.578 e. The van der Waals surface area contributed by atoms with Crippen molar-refractivity contribution in [3.05, 3.63) is 60.2 Å². The van der Waals surface area contributed by atoms with Crippen molar-refractivity contribution in [2.75, 3.05) is 12.3 Å². The van der Waals surface area contributed by atoms with Crippen molar-refractivity contribution in [3.63, 3.8) is 0 Å². The van der Waals surface area contributed by atoms with Gasteiger partial charge in [0.1, 0.15) is 11.4 Å². The van der Waals surface area contributed by atoms with Gasteiger partial charge in [0.15, 0.2) is 0 Å². The first-order valence-electron chi connectivity index (χ1n) is 10.2. The Labute approximate surface area is 180 Å². The van der Waals surface area contributed by atoms with E-state index in [1.807, 2.05) is 31.2 Å². The number of nitrogens with zero attached hydrogens (tertiary/aromatic N) is 5. The van der Waals surface area contributed by atoms with E-state index in [1.54, 1.807) is 29.5 Å². The van der Waals surface area contributed by atoms with E-state index in [1.165, 1.54) is 0 Å². The fourth-order valence-electron chi connectivity index (χ4n) is 3.76. The summed E-state index contributed by atoms with van der Waals surface area (Å²) >= 11 is 0. The van der Waals surface area contributed by atoms with Gasteiger partial charge in [0.25, 0.3) is 0 Å². The number of hydrogen-bond acceptors (Lipinski definition) is 6. The molecule has 1 saturated carbocycles. The molecular formula is C22H27N8O+. The summed E-state index contributed by atoms with van der Waals surface area (Å²) < 4.78 is 1.68. The summed E-state index contributed by atoms with van der Waals surface area (Å²) in [6.45, 7) is 3.10. The molecule has 0 aliphatic heterocycles. The van der Waals surface area contributed by atoms with Crippen molar-refractivity contribution in [1.82, 2.24) is 19.7 Å². The lowest BCUT2D eigenvalue weighted by molar-refractivity contribution is 0.532. The van der Waals surface area contributed by atoms with Gasteiger partial charge in [-0.3, -0.25) is 10.1 Å². The third kappa shape index (κ3) is 4.17. The molecule has 1 aliphatic rings. The maximum Gasteiger partial charge on any atom is 0.369 e. The summed E-state index contributed by atoms with van der Waals surface area (Å²) in [7, 11) is 0. The molecule has 7 N–H and O–H groups in total. The van der Waals surface area contributed by atoms with Crippen molar-refractivity contribution in [2.45, 2.75) is 31.7 Å². The fourth-order valence-corrected chi connectivity index (χ4v) is 3.76. The van der Waals surface area contributed by atoms with Crippen LogP contribution in [0.3, 0.4) is 0 Å². The third-order valence-electron chi connectivity index (χ3n) is 5.86. The van der Waals surface area contributed by atoms with E-state index in [2.05, 4.69) is 20.1 Å². The van der Waals surface area contributed by atoms with Crippen molar-refractivity contribution >= 4 is 17.7 Å². The molecule has 9 heteroatoms. The van der Waals surface area contributed by atoms with Crippen molar-refractivity contribution in [3.8, 4) is 11.1 Å². The van der Waals surface area contributed by atoms with Gasteiger partial charge in [0.05, 0.1) is 18.2 Å². The van der Waals surface area contributed by atoms with E-state index in [0.717, 1.165) is 29.5 Å². The molecule has 0 bridgehead atoms. The van der Waals surface area contributed by atoms with Gasteiger partial charge in [-0.1, -0.05) is 24.3 Å². The number of anilines is 1. The second kappa shape index (κ2) is 8.27. The van der Waals surface area contributed by atoms with Gasteiger partial charge in [-0.15, -0.1) is 4.99 Å². The molecule has 1 aromatic carbocycles. The number of benzene rings is 1. The van der Waals surface area contributed by atoms with Crippen LogP contribution in [0.2, 0.25) is 0 Å². The molecule has 0 unspecified atom stereocenters. The van der Waals surface area contributed by atoms with Crippen LogP contribution in [0.1, 0.15) is 30.9 Å². The summed E-state index contributed by atoms with van der Waals surface area (Å²) in [5, 5.41) is 21.3. The first kappa shape index (κ1) is 20.7. The van der Waals surface area contributed by atoms with E-state index < -0.39 is 5.41 Å². The standard InChI is InChI=1S/C22H26N8O/c1-22(18-6-7-18,20(24)29-19(31)16-12-28-30(13-16)9-8-23)17-4-2-14(3-5-17)15-10-26-21(25)27-11-15/h2-5,10-13,18H,6-9,23H2,1H3,(H2,24,29,31)(H2,25,26,27)/p+1/t22-/m0/s1. The summed E-state index contributed by atoms with van der Waals surface area (Å²) in [4.78, 5) is 12.5. The zero-order valence-corrected chi connectivity index (χ0v) is 17.4. The summed E-state index contributed by atoms with van der Waals surface area (Å²) in [5.74, 6) is 0.806. The Hall–Kier alpha value is -3.59. The van der Waals surface area contributed by atoms with Crippen molar-refractivity contribution < 1.29 is 5.11 Å². The molecule has 1 aliphatic carbocycles. The lowest BCUT2D eigenvalue weighted by atomic mass is 9.76. The van der Waals surface area contributed by atoms with Crippen LogP contribution < -0.4 is 11.5 Å². The van der Waals surface area contributed by atoms with Gasteiger partial charge in [-0.05, 0) is 36.8 Å². The van der Waals surface area contributed by atoms with E-state index in [9.17, 15) is 0 Å². The lowest BCUT2D eigenvalue weighted by Gasteiger charge is -2.28. The van der Waals surface area contributed by atoms with E-state index in [-0.39, 0.29) is 17.7 Å². The normalized spacial score (nSPS) is 16.1. The average molecular weight is 420 g/mol. The molecule has 1 atom stereocenters. The Balaban J connectivity index is 1.60. The number of hydrogen-bond donors (Lipinski definition) is 3. The zero-order chi connectivity index (χ0) is 22.0. The summed E-state index contributed by atoms with van der Waals surface area (Å²) in [5.41, 5.74) is 14.0. The highest BCUT2D eigenvalue weighted by molar-refractivity contribution is 6.04. The van der Waals surface area contributed by atoms with Crippen LogP contribution in [0.4, 0.5) is 5.95 Å². The second-order valence-electron chi connectivity index (χ2n) is 7.97. The van der Waals surface area contributed by atoms with Crippen LogP contribution in [0.5, 0.6) is 0 Å². The molecule has 3 aromatic rings. The first-order chi connectivity index (χ1) is 14.9. The molecule has 0 radical (unpaired) electrons. The van der Waals surface area contributed by atoms with Crippen molar-refractivity contribution in [2.24, 2.45) is 16.6 Å². The van der Waals surface area contributed by atoms with E-state index in [0.29, 0.717) is 24.6 Å². The maximum absolute atomic E-state index is 8.77. The van der Waals surface area contributed by atoms with Gasteiger partial charge in [0, 0.05) is 30.7 Å². The lowest BCUT2D eigenvalue weighted by Crippen LogP contribution is -2.34. The summed E-state index contributed by atoms with van der Waals surface area (Å²) in [6.07, 6.45) is 8.81. The van der Waals surface area contributed by atoms with Crippen LogP contribution in [0.15, 0.2) is 54.0 Å². The van der Waals surface area contributed by atoms with Crippen LogP contribution in [-0.4, -0.2) is 43.1 Å². The predicted octanol–water partition coefficient (Wildman–Crippen LogP) is 1.70. The first-order valence-corrected chi connectivity index (χ1v) is 10.2. The minimum atomic E-state index is -0.560. The van der Waals surface area contributed by atoms with Crippen LogP contribution >= 0.6 is 0 Å². The van der Waals surface area contributed by atoms with Crippen molar-refractivity contribution in [1.29, 1.82) is 5.41 Å². The Kier molecular flexibility index (Phi) is 5.51. The molecule has 4 rings (SSSR count). The van der Waals surface area contributed by atoms with Gasteiger partial charge >= 0.3 is 5.90 Å². The highest BCUT2D eigenvalue weighted by Crippen LogP contribution is 2.48. The predicted molar refractivity (Wildman–Crippen MR) is 121 cm³/mol. The van der Waals surface area contributed by atoms with Crippen LogP contribution in [-0.2, 0) is 12.0 Å². The topological polar surface area (TPSA) is 155 Å². The number of aromatic nitrogens is 4. The number of amidine groups is 1. The molecule has 160 valence electrons. The minimum absolute atomic E-state index is 0.0378. The largest absolute Gasteiger partial charge is 0.578 e. The molecule has 9 nitrogen and oxygen atoms in total. The molecule has 2 heterocycles. The number of nitrogens with two attached hydrogens (primary N) is 2. The quantitative estimate of drug-likeness (QED) is 0.302. The average Bonchev–Trinajstić information content (AvgIpc) is 3.53. The van der Waals surface area contributed by atoms with E-state index in [4.69, 9.17) is 22.0 Å². The SMILES string of the molecule is C[C@](C(=N)N=C([OH2+])c1cnn(CCN)c1)(c1ccc(-c2cnc(N)nc2)cc1)C1CC1. The molecule has 2 aromatic heterocycles. The maximum atomic E-state index is 8.77. The van der Waals surface area contributed by atoms with Gasteiger partial charge in [0.2, 0.25) is 5.95 Å². The Morgan fingerprint density at radius 2 is 1.87 bits per heavy atom. The Bertz CT molecular complexity index is 1100. The molecule has 0 amide bonds. The second-order valence-corrected chi connectivity index (χ2v) is 7.97. The Morgan fingerprint density at radius 1 is 1.19 bits per heavy atom. The zero-order valence-electron chi connectivity index (χ0n) is 17.4. The molecule has 31 heavy (non-hydrogen) atoms. The van der Waals surface area contributed by atoms with Crippen LogP contribution in [0.25, 0.3) is 11.1 Å². The number of nitrogens with one attached hydrogen (secondary N) is 1. The number of aliphatic imine (C=N–C) groups is 1. The fraction of sp³-hybridized carbons (Fsp3) is 0.318. The highest BCUT2D eigenvalue weighted by atomic mass is 16.3. The molecule has 1 fully saturated rings. The smallest absolute Gasteiger partial charge is 0.369 e. The number of nitrogen functional groups attached to an aromatic ring is 1. The third-order valence-corrected chi connectivity index (χ3v) is 5.86.